The zero-order valence-corrected chi connectivity index (χ0v) is 15.4. The van der Waals surface area contributed by atoms with Gasteiger partial charge in [0.25, 0.3) is 0 Å². The smallest absolute Gasteiger partial charge is 0.240 e. The monoisotopic (exact) mass is 374 g/mol. The summed E-state index contributed by atoms with van der Waals surface area (Å²) in [5, 5.41) is 10.4. The maximum atomic E-state index is 12.5. The number of aliphatic hydroxyl groups is 1. The normalized spacial score (nSPS) is 16.9. The number of benzene rings is 2. The van der Waals surface area contributed by atoms with E-state index >= 15 is 0 Å². The minimum atomic E-state index is -3.68. The Morgan fingerprint density at radius 2 is 2.04 bits per heavy atom. The molecule has 2 heterocycles. The first-order chi connectivity index (χ1) is 12.4. The lowest BCUT2D eigenvalue weighted by atomic mass is 10.0. The van der Waals surface area contributed by atoms with Gasteiger partial charge >= 0.3 is 0 Å². The first-order valence-electron chi connectivity index (χ1n) is 8.71. The van der Waals surface area contributed by atoms with Gasteiger partial charge in [-0.15, -0.1) is 0 Å². The summed E-state index contributed by atoms with van der Waals surface area (Å²) >= 11 is 0. The van der Waals surface area contributed by atoms with Crippen LogP contribution in [0.25, 0.3) is 0 Å². The first-order valence-corrected chi connectivity index (χ1v) is 10.2. The van der Waals surface area contributed by atoms with Gasteiger partial charge in [-0.25, -0.2) is 13.1 Å². The van der Waals surface area contributed by atoms with E-state index in [1.165, 1.54) is 17.3 Å². The Labute approximate surface area is 153 Å². The molecule has 2 aliphatic rings. The minimum absolute atomic E-state index is 0.0649. The van der Waals surface area contributed by atoms with Crippen LogP contribution in [0.15, 0.2) is 41.3 Å². The third-order valence-corrected chi connectivity index (χ3v) is 6.48. The van der Waals surface area contributed by atoms with Crippen molar-refractivity contribution in [1.82, 2.24) is 4.72 Å². The average molecular weight is 374 g/mol. The van der Waals surface area contributed by atoms with Gasteiger partial charge in [0.15, 0.2) is 0 Å². The van der Waals surface area contributed by atoms with E-state index in [-0.39, 0.29) is 11.4 Å². The number of fused-ring (bicyclic) bond motifs is 2. The first kappa shape index (κ1) is 17.3. The van der Waals surface area contributed by atoms with Crippen LogP contribution in [0.1, 0.15) is 22.8 Å². The van der Waals surface area contributed by atoms with E-state index in [1.807, 2.05) is 25.2 Å². The van der Waals surface area contributed by atoms with Crippen LogP contribution in [-0.4, -0.2) is 40.3 Å². The molecular formula is C19H22N2O4S. The van der Waals surface area contributed by atoms with Crippen LogP contribution in [0.3, 0.4) is 0 Å². The number of ether oxygens (including phenoxy) is 1. The molecule has 2 N–H and O–H groups in total. The molecule has 2 aliphatic heterocycles. The second-order valence-electron chi connectivity index (χ2n) is 6.80. The van der Waals surface area contributed by atoms with Crippen LogP contribution in [-0.2, 0) is 22.9 Å². The van der Waals surface area contributed by atoms with E-state index in [0.717, 1.165) is 29.8 Å². The fraction of sp³-hybridized carbons (Fsp3) is 0.368. The molecule has 0 radical (unpaired) electrons. The molecule has 0 bridgehead atoms. The van der Waals surface area contributed by atoms with Crippen molar-refractivity contribution in [3.8, 4) is 5.75 Å². The summed E-state index contributed by atoms with van der Waals surface area (Å²) in [5.74, 6) is 0.743. The molecular weight excluding hydrogens is 352 g/mol. The minimum Gasteiger partial charge on any atom is -0.493 e. The van der Waals surface area contributed by atoms with Crippen LogP contribution < -0.4 is 14.4 Å². The highest BCUT2D eigenvalue weighted by Crippen LogP contribution is 2.30. The molecule has 0 aliphatic carbocycles. The molecule has 26 heavy (non-hydrogen) atoms. The van der Waals surface area contributed by atoms with Crippen molar-refractivity contribution < 1.29 is 18.3 Å². The molecule has 1 atom stereocenters. The number of rotatable bonds is 5. The van der Waals surface area contributed by atoms with Crippen molar-refractivity contribution in [2.75, 3.05) is 31.6 Å². The molecule has 0 spiro atoms. The maximum absolute atomic E-state index is 12.5. The summed E-state index contributed by atoms with van der Waals surface area (Å²) in [5.41, 5.74) is 3.98. The maximum Gasteiger partial charge on any atom is 0.240 e. The van der Waals surface area contributed by atoms with Gasteiger partial charge < -0.3 is 14.7 Å². The Balaban J connectivity index is 1.46. The van der Waals surface area contributed by atoms with Crippen LogP contribution in [0.5, 0.6) is 5.75 Å². The molecule has 0 amide bonds. The van der Waals surface area contributed by atoms with Crippen molar-refractivity contribution >= 4 is 15.7 Å². The van der Waals surface area contributed by atoms with Crippen LogP contribution in [0, 0.1) is 0 Å². The fourth-order valence-electron chi connectivity index (χ4n) is 3.51. The van der Waals surface area contributed by atoms with Crippen LogP contribution in [0.4, 0.5) is 5.69 Å². The van der Waals surface area contributed by atoms with E-state index in [2.05, 4.69) is 9.62 Å². The summed E-state index contributed by atoms with van der Waals surface area (Å²) in [7, 11) is -1.64. The number of hydrogen-bond donors (Lipinski definition) is 2. The number of hydrogen-bond acceptors (Lipinski definition) is 5. The predicted molar refractivity (Wildman–Crippen MR) is 99.2 cm³/mol. The molecule has 0 aromatic heterocycles. The second kappa shape index (κ2) is 6.57. The molecule has 138 valence electrons. The Hall–Kier alpha value is -2.09. The lowest BCUT2D eigenvalue weighted by molar-refractivity contribution is 0.182. The highest BCUT2D eigenvalue weighted by molar-refractivity contribution is 7.89. The van der Waals surface area contributed by atoms with Gasteiger partial charge in [0.2, 0.25) is 10.0 Å². The van der Waals surface area contributed by atoms with Crippen molar-refractivity contribution in [3.05, 3.63) is 53.1 Å². The number of nitrogens with one attached hydrogen (secondary N) is 1. The fourth-order valence-corrected chi connectivity index (χ4v) is 4.60. The Morgan fingerprint density at radius 3 is 2.88 bits per heavy atom. The summed E-state index contributed by atoms with van der Waals surface area (Å²) in [4.78, 5) is 2.37. The zero-order chi connectivity index (χ0) is 18.3. The molecule has 6 nitrogen and oxygen atoms in total. The second-order valence-corrected chi connectivity index (χ2v) is 8.56. The third kappa shape index (κ3) is 3.18. The van der Waals surface area contributed by atoms with Gasteiger partial charge in [-0.05, 0) is 47.4 Å². The molecule has 0 saturated carbocycles. The van der Waals surface area contributed by atoms with E-state index < -0.39 is 16.1 Å². The van der Waals surface area contributed by atoms with Gasteiger partial charge in [0, 0.05) is 32.2 Å². The van der Waals surface area contributed by atoms with E-state index in [4.69, 9.17) is 4.74 Å². The van der Waals surface area contributed by atoms with Gasteiger partial charge in [-0.3, -0.25) is 0 Å². The molecule has 0 fully saturated rings. The quantitative estimate of drug-likeness (QED) is 0.832. The molecule has 2 aromatic rings. The van der Waals surface area contributed by atoms with Crippen LogP contribution in [0.2, 0.25) is 0 Å². The average Bonchev–Trinajstić information content (AvgIpc) is 3.25. The van der Waals surface area contributed by atoms with Gasteiger partial charge in [0.1, 0.15) is 5.75 Å². The largest absolute Gasteiger partial charge is 0.493 e. The van der Waals surface area contributed by atoms with Gasteiger partial charge in [-0.1, -0.05) is 12.1 Å². The number of aliphatic hydroxyl groups excluding tert-OH is 1. The number of anilines is 1. The predicted octanol–water partition coefficient (Wildman–Crippen LogP) is 1.63. The number of likely N-dealkylation sites (N-methyl/N-ethyl adjacent to an activating group) is 1. The van der Waals surface area contributed by atoms with Gasteiger partial charge in [-0.2, -0.15) is 0 Å². The molecule has 2 aromatic carbocycles. The van der Waals surface area contributed by atoms with Crippen molar-refractivity contribution in [2.45, 2.75) is 23.8 Å². The lowest BCUT2D eigenvalue weighted by Crippen LogP contribution is -2.28. The summed E-state index contributed by atoms with van der Waals surface area (Å²) in [6.45, 7) is 1.48. The SMILES string of the molecule is CN1CCc2cc(C(O)CNS(=O)(=O)c3ccc4c(c3)CCO4)ccc21. The third-order valence-electron chi connectivity index (χ3n) is 5.05. The molecule has 0 saturated heterocycles. The topological polar surface area (TPSA) is 78.9 Å². The molecule has 1 unspecified atom stereocenters. The van der Waals surface area contributed by atoms with Crippen molar-refractivity contribution in [3.63, 3.8) is 0 Å². The summed E-state index contributed by atoms with van der Waals surface area (Å²) in [6.07, 6.45) is 0.763. The van der Waals surface area contributed by atoms with Crippen molar-refractivity contribution in [2.24, 2.45) is 0 Å². The lowest BCUT2D eigenvalue weighted by Gasteiger charge is -2.16. The Kier molecular flexibility index (Phi) is 4.38. The zero-order valence-electron chi connectivity index (χ0n) is 14.6. The number of nitrogens with zero attached hydrogens (tertiary/aromatic N) is 1. The highest BCUT2D eigenvalue weighted by atomic mass is 32.2. The van der Waals surface area contributed by atoms with Crippen molar-refractivity contribution in [1.29, 1.82) is 0 Å². The summed E-state index contributed by atoms with van der Waals surface area (Å²) in [6, 6.07) is 10.7. The Morgan fingerprint density at radius 1 is 1.19 bits per heavy atom. The number of sulfonamides is 1. The molecule has 4 rings (SSSR count). The standard InChI is InChI=1S/C19H22N2O4S/c1-21-8-6-13-10-14(2-4-17(13)21)18(22)12-20-26(23,24)16-3-5-19-15(11-16)7-9-25-19/h2-5,10-11,18,20,22H,6-9,12H2,1H3. The summed E-state index contributed by atoms with van der Waals surface area (Å²) < 4.78 is 33.0. The van der Waals surface area contributed by atoms with E-state index in [1.54, 1.807) is 12.1 Å². The van der Waals surface area contributed by atoms with E-state index in [0.29, 0.717) is 13.0 Å². The van der Waals surface area contributed by atoms with Gasteiger partial charge in [0.05, 0.1) is 17.6 Å². The Bertz CT molecular complexity index is 943. The van der Waals surface area contributed by atoms with Crippen LogP contribution >= 0.6 is 0 Å². The van der Waals surface area contributed by atoms with E-state index in [9.17, 15) is 13.5 Å². The molecule has 7 heteroatoms. The highest BCUT2D eigenvalue weighted by Gasteiger charge is 2.22.